The van der Waals surface area contributed by atoms with Gasteiger partial charge in [0.1, 0.15) is 0 Å². The van der Waals surface area contributed by atoms with Crippen molar-refractivity contribution in [2.24, 2.45) is 5.73 Å². The van der Waals surface area contributed by atoms with Crippen molar-refractivity contribution in [3.05, 3.63) is 33.7 Å². The Hall–Kier alpha value is -1.89. The fraction of sp³-hybridized carbons (Fsp3) is 0.182. The Balaban J connectivity index is 2.61. The summed E-state index contributed by atoms with van der Waals surface area (Å²) < 4.78 is 2.53. The number of primary amides is 1. The molecule has 0 fully saturated rings. The molecule has 18 heavy (non-hydrogen) atoms. The van der Waals surface area contributed by atoms with Gasteiger partial charge in [-0.25, -0.2) is 9.67 Å². The van der Waals surface area contributed by atoms with Gasteiger partial charge in [0.25, 0.3) is 5.91 Å². The summed E-state index contributed by atoms with van der Waals surface area (Å²) in [5, 5.41) is 4.32. The van der Waals surface area contributed by atoms with Crippen molar-refractivity contribution in [2.45, 2.75) is 13.8 Å². The first-order chi connectivity index (χ1) is 8.41. The highest BCUT2D eigenvalue weighted by Crippen LogP contribution is 2.23. The number of pyridine rings is 1. The van der Waals surface area contributed by atoms with E-state index in [9.17, 15) is 4.79 Å². The van der Waals surface area contributed by atoms with Crippen LogP contribution in [0.2, 0.25) is 0 Å². The molecule has 2 rings (SSSR count). The number of carbonyl (C=O) groups excluding carboxylic acids is 1. The molecule has 2 heterocycles. The van der Waals surface area contributed by atoms with Gasteiger partial charge in [-0.3, -0.25) is 4.79 Å². The molecule has 7 heteroatoms. The van der Waals surface area contributed by atoms with E-state index in [1.807, 2.05) is 13.8 Å². The lowest BCUT2D eigenvalue weighted by atomic mass is 10.2. The summed E-state index contributed by atoms with van der Waals surface area (Å²) in [6, 6.07) is 1.53. The standard InChI is InChI=1S/C11H12BrN5O/c1-5-10(12)6(2)17(16-5)9-3-7(11(14)18)8(13)4-15-9/h3-4H,13H2,1-2H3,(H2,14,18). The Kier molecular flexibility index (Phi) is 3.08. The number of aryl methyl sites for hydroxylation is 1. The smallest absolute Gasteiger partial charge is 0.250 e. The van der Waals surface area contributed by atoms with Crippen LogP contribution >= 0.6 is 15.9 Å². The average Bonchev–Trinajstić information content (AvgIpc) is 2.57. The average molecular weight is 310 g/mol. The predicted octanol–water partition coefficient (Wildman–Crippen LogP) is 1.33. The molecule has 0 radical (unpaired) electrons. The van der Waals surface area contributed by atoms with Crippen LogP contribution in [0, 0.1) is 13.8 Å². The zero-order chi connectivity index (χ0) is 13.4. The number of nitrogens with zero attached hydrogens (tertiary/aromatic N) is 3. The number of rotatable bonds is 2. The highest BCUT2D eigenvalue weighted by molar-refractivity contribution is 9.10. The molecule has 0 spiro atoms. The molecule has 2 aromatic rings. The zero-order valence-corrected chi connectivity index (χ0v) is 11.5. The van der Waals surface area contributed by atoms with E-state index >= 15 is 0 Å². The minimum Gasteiger partial charge on any atom is -0.397 e. The van der Waals surface area contributed by atoms with Crippen LogP contribution < -0.4 is 11.5 Å². The van der Waals surface area contributed by atoms with E-state index in [-0.39, 0.29) is 11.3 Å². The number of nitrogen functional groups attached to an aromatic ring is 1. The van der Waals surface area contributed by atoms with E-state index < -0.39 is 5.91 Å². The van der Waals surface area contributed by atoms with Crippen LogP contribution in [0.25, 0.3) is 5.82 Å². The predicted molar refractivity (Wildman–Crippen MR) is 71.5 cm³/mol. The summed E-state index contributed by atoms with van der Waals surface area (Å²) in [4.78, 5) is 15.4. The Morgan fingerprint density at radius 3 is 2.61 bits per heavy atom. The van der Waals surface area contributed by atoms with Crippen LogP contribution in [0.4, 0.5) is 5.69 Å². The van der Waals surface area contributed by atoms with Gasteiger partial charge >= 0.3 is 0 Å². The summed E-state index contributed by atoms with van der Waals surface area (Å²) in [5.41, 5.74) is 13.1. The number of aromatic nitrogens is 3. The second kappa shape index (κ2) is 4.41. The third kappa shape index (κ3) is 1.97. The summed E-state index contributed by atoms with van der Waals surface area (Å²) in [6.07, 6.45) is 1.40. The normalized spacial score (nSPS) is 10.6. The first kappa shape index (κ1) is 12.6. The minimum absolute atomic E-state index is 0.240. The highest BCUT2D eigenvalue weighted by Gasteiger charge is 2.14. The molecule has 0 saturated carbocycles. The SMILES string of the molecule is Cc1nn(-c2cc(C(N)=O)c(N)cn2)c(C)c1Br. The number of nitrogens with two attached hydrogens (primary N) is 2. The molecule has 4 N–H and O–H groups in total. The van der Waals surface area contributed by atoms with Gasteiger partial charge in [0.15, 0.2) is 5.82 Å². The van der Waals surface area contributed by atoms with Crippen LogP contribution in [-0.4, -0.2) is 20.7 Å². The van der Waals surface area contributed by atoms with E-state index in [1.54, 1.807) is 4.68 Å². The van der Waals surface area contributed by atoms with Crippen molar-refractivity contribution < 1.29 is 4.79 Å². The maximum absolute atomic E-state index is 11.2. The van der Waals surface area contributed by atoms with Crippen LogP contribution in [0.1, 0.15) is 21.7 Å². The molecular formula is C11H12BrN5O. The number of carbonyl (C=O) groups is 1. The Labute approximate surface area is 112 Å². The van der Waals surface area contributed by atoms with Gasteiger partial charge in [0.05, 0.1) is 33.3 Å². The number of amides is 1. The van der Waals surface area contributed by atoms with Gasteiger partial charge < -0.3 is 11.5 Å². The van der Waals surface area contributed by atoms with Gasteiger partial charge in [0.2, 0.25) is 0 Å². The molecule has 0 unspecified atom stereocenters. The van der Waals surface area contributed by atoms with Gasteiger partial charge in [0, 0.05) is 0 Å². The van der Waals surface area contributed by atoms with E-state index in [1.165, 1.54) is 12.3 Å². The summed E-state index contributed by atoms with van der Waals surface area (Å²) >= 11 is 3.43. The molecule has 1 amide bonds. The van der Waals surface area contributed by atoms with Crippen molar-refractivity contribution >= 4 is 27.5 Å². The second-order valence-electron chi connectivity index (χ2n) is 3.89. The van der Waals surface area contributed by atoms with Crippen molar-refractivity contribution in [1.29, 1.82) is 0 Å². The topological polar surface area (TPSA) is 99.8 Å². The lowest BCUT2D eigenvalue weighted by Gasteiger charge is -2.06. The van der Waals surface area contributed by atoms with Crippen molar-refractivity contribution in [1.82, 2.24) is 14.8 Å². The van der Waals surface area contributed by atoms with Crippen molar-refractivity contribution in [3.63, 3.8) is 0 Å². The highest BCUT2D eigenvalue weighted by atomic mass is 79.9. The van der Waals surface area contributed by atoms with Gasteiger partial charge in [-0.1, -0.05) is 0 Å². The summed E-state index contributed by atoms with van der Waals surface area (Å²) in [7, 11) is 0. The van der Waals surface area contributed by atoms with Crippen molar-refractivity contribution in [2.75, 3.05) is 5.73 Å². The van der Waals surface area contributed by atoms with Gasteiger partial charge in [-0.15, -0.1) is 0 Å². The van der Waals surface area contributed by atoms with Crippen LogP contribution in [0.3, 0.4) is 0 Å². The molecular weight excluding hydrogens is 298 g/mol. The molecule has 0 aliphatic carbocycles. The minimum atomic E-state index is -0.586. The first-order valence-electron chi connectivity index (χ1n) is 5.19. The van der Waals surface area contributed by atoms with E-state index in [2.05, 4.69) is 26.0 Å². The molecule has 0 atom stereocenters. The van der Waals surface area contributed by atoms with Crippen molar-refractivity contribution in [3.8, 4) is 5.82 Å². The zero-order valence-electron chi connectivity index (χ0n) is 9.94. The lowest BCUT2D eigenvalue weighted by molar-refractivity contribution is 0.100. The quantitative estimate of drug-likeness (QED) is 0.874. The molecule has 0 aromatic carbocycles. The molecule has 6 nitrogen and oxygen atoms in total. The van der Waals surface area contributed by atoms with Gasteiger partial charge in [-0.05, 0) is 35.8 Å². The molecule has 0 aliphatic rings. The summed E-state index contributed by atoms with van der Waals surface area (Å²) in [6.45, 7) is 3.77. The van der Waals surface area contributed by atoms with E-state index in [0.29, 0.717) is 5.82 Å². The maximum Gasteiger partial charge on any atom is 0.250 e. The molecule has 94 valence electrons. The fourth-order valence-corrected chi connectivity index (χ4v) is 1.88. The number of anilines is 1. The number of halogens is 1. The third-order valence-corrected chi connectivity index (χ3v) is 3.75. The maximum atomic E-state index is 11.2. The monoisotopic (exact) mass is 309 g/mol. The third-order valence-electron chi connectivity index (χ3n) is 2.61. The molecule has 0 saturated heterocycles. The Morgan fingerprint density at radius 2 is 2.11 bits per heavy atom. The second-order valence-corrected chi connectivity index (χ2v) is 4.68. The Morgan fingerprint density at radius 1 is 1.44 bits per heavy atom. The van der Waals surface area contributed by atoms with Crippen LogP contribution in [-0.2, 0) is 0 Å². The largest absolute Gasteiger partial charge is 0.397 e. The first-order valence-corrected chi connectivity index (χ1v) is 5.98. The fourth-order valence-electron chi connectivity index (χ4n) is 1.63. The summed E-state index contributed by atoms with van der Waals surface area (Å²) in [5.74, 6) is -0.0824. The lowest BCUT2D eigenvalue weighted by Crippen LogP contribution is -2.15. The number of hydrogen-bond donors (Lipinski definition) is 2. The molecule has 0 bridgehead atoms. The molecule has 2 aromatic heterocycles. The molecule has 0 aliphatic heterocycles. The number of hydrogen-bond acceptors (Lipinski definition) is 4. The van der Waals surface area contributed by atoms with Gasteiger partial charge in [-0.2, -0.15) is 5.10 Å². The van der Waals surface area contributed by atoms with E-state index in [0.717, 1.165) is 15.9 Å². The van der Waals surface area contributed by atoms with Crippen LogP contribution in [0.5, 0.6) is 0 Å². The van der Waals surface area contributed by atoms with E-state index in [4.69, 9.17) is 11.5 Å². The van der Waals surface area contributed by atoms with Crippen LogP contribution in [0.15, 0.2) is 16.7 Å². The Bertz CT molecular complexity index is 635.